The molecule has 0 radical (unpaired) electrons. The second kappa shape index (κ2) is 5.94. The highest BCUT2D eigenvalue weighted by atomic mass is 35.5. The Morgan fingerprint density at radius 3 is 2.45 bits per heavy atom. The van der Waals surface area contributed by atoms with Crippen LogP contribution in [-0.4, -0.2) is 6.04 Å². The molecule has 0 heterocycles. The normalized spacial score (nSPS) is 13.2. The Balaban J connectivity index is 2.23. The van der Waals surface area contributed by atoms with E-state index in [1.165, 1.54) is 17.7 Å². The van der Waals surface area contributed by atoms with Crippen molar-refractivity contribution < 1.29 is 4.39 Å². The second-order valence-corrected chi connectivity index (χ2v) is 6.04. The van der Waals surface area contributed by atoms with Crippen LogP contribution >= 0.6 is 11.6 Å². The Bertz CT molecular complexity index is 581. The van der Waals surface area contributed by atoms with Crippen LogP contribution in [-0.2, 0) is 11.8 Å². The minimum atomic E-state index is -0.283. The Kier molecular flexibility index (Phi) is 4.46. The number of benzene rings is 2. The summed E-state index contributed by atoms with van der Waals surface area (Å²) in [6, 6.07) is 14.4. The lowest BCUT2D eigenvalue weighted by Gasteiger charge is -2.32. The summed E-state index contributed by atoms with van der Waals surface area (Å²) in [5.41, 5.74) is 8.06. The molecule has 2 rings (SSSR count). The molecule has 3 heteroatoms. The van der Waals surface area contributed by atoms with Gasteiger partial charge in [-0.15, -0.1) is 0 Å². The maximum absolute atomic E-state index is 13.3. The van der Waals surface area contributed by atoms with Gasteiger partial charge in [-0.1, -0.05) is 55.8 Å². The van der Waals surface area contributed by atoms with Gasteiger partial charge in [0.2, 0.25) is 0 Å². The van der Waals surface area contributed by atoms with Crippen molar-refractivity contribution in [2.24, 2.45) is 5.73 Å². The predicted molar refractivity (Wildman–Crippen MR) is 82.6 cm³/mol. The lowest BCUT2D eigenvalue weighted by atomic mass is 9.76. The van der Waals surface area contributed by atoms with Gasteiger partial charge in [-0.3, -0.25) is 0 Å². The summed E-state index contributed by atoms with van der Waals surface area (Å²) in [7, 11) is 0. The van der Waals surface area contributed by atoms with Gasteiger partial charge >= 0.3 is 0 Å². The maximum Gasteiger partial charge on any atom is 0.123 e. The van der Waals surface area contributed by atoms with Crippen LogP contribution in [0.1, 0.15) is 25.0 Å². The molecule has 0 saturated carbocycles. The highest BCUT2D eigenvalue weighted by Gasteiger charge is 2.28. The van der Waals surface area contributed by atoms with Gasteiger partial charge in [0.05, 0.1) is 0 Å². The van der Waals surface area contributed by atoms with E-state index in [2.05, 4.69) is 26.0 Å². The first-order chi connectivity index (χ1) is 9.41. The minimum absolute atomic E-state index is 0.149. The molecule has 0 fully saturated rings. The summed E-state index contributed by atoms with van der Waals surface area (Å²) in [5.74, 6) is -0.283. The fourth-order valence-electron chi connectivity index (χ4n) is 2.27. The zero-order valence-electron chi connectivity index (χ0n) is 11.7. The van der Waals surface area contributed by atoms with Crippen molar-refractivity contribution >= 4 is 11.6 Å². The van der Waals surface area contributed by atoms with E-state index in [4.69, 9.17) is 17.3 Å². The minimum Gasteiger partial charge on any atom is -0.327 e. The van der Waals surface area contributed by atoms with Crippen LogP contribution in [0.4, 0.5) is 4.39 Å². The number of nitrogens with two attached hydrogens (primary N) is 1. The third-order valence-electron chi connectivity index (χ3n) is 3.89. The van der Waals surface area contributed by atoms with Crippen LogP contribution in [0.5, 0.6) is 0 Å². The van der Waals surface area contributed by atoms with Crippen molar-refractivity contribution in [3.63, 3.8) is 0 Å². The Morgan fingerprint density at radius 2 is 1.80 bits per heavy atom. The van der Waals surface area contributed by atoms with Crippen LogP contribution in [0, 0.1) is 5.82 Å². The lowest BCUT2D eigenvalue weighted by molar-refractivity contribution is 0.406. The zero-order valence-corrected chi connectivity index (χ0v) is 12.5. The molecular formula is C17H19ClFN. The van der Waals surface area contributed by atoms with Crippen LogP contribution in [0.25, 0.3) is 0 Å². The van der Waals surface area contributed by atoms with Gasteiger partial charge < -0.3 is 5.73 Å². The van der Waals surface area contributed by atoms with Gasteiger partial charge in [-0.05, 0) is 35.7 Å². The Hall–Kier alpha value is -1.38. The van der Waals surface area contributed by atoms with Crippen LogP contribution in [0.15, 0.2) is 48.5 Å². The van der Waals surface area contributed by atoms with Crippen LogP contribution in [0.3, 0.4) is 0 Å². The molecular weight excluding hydrogens is 273 g/mol. The van der Waals surface area contributed by atoms with E-state index in [-0.39, 0.29) is 17.3 Å². The molecule has 0 bridgehead atoms. The molecule has 2 N–H and O–H groups in total. The molecule has 0 aliphatic carbocycles. The zero-order chi connectivity index (χ0) is 14.8. The van der Waals surface area contributed by atoms with E-state index < -0.39 is 0 Å². The molecule has 2 aromatic carbocycles. The smallest absolute Gasteiger partial charge is 0.123 e. The van der Waals surface area contributed by atoms with Crippen LogP contribution < -0.4 is 5.73 Å². The third kappa shape index (κ3) is 3.20. The lowest BCUT2D eigenvalue weighted by Crippen LogP contribution is -2.42. The summed E-state index contributed by atoms with van der Waals surface area (Å²) in [6.07, 6.45) is 0.540. The van der Waals surface area contributed by atoms with Crippen molar-refractivity contribution in [1.82, 2.24) is 0 Å². The first-order valence-corrected chi connectivity index (χ1v) is 7.04. The number of hydrogen-bond donors (Lipinski definition) is 1. The highest BCUT2D eigenvalue weighted by molar-refractivity contribution is 6.31. The summed E-state index contributed by atoms with van der Waals surface area (Å²) in [6.45, 7) is 4.19. The van der Waals surface area contributed by atoms with E-state index >= 15 is 0 Å². The molecule has 1 atom stereocenters. The van der Waals surface area contributed by atoms with Gasteiger partial charge in [0, 0.05) is 16.5 Å². The summed E-state index contributed by atoms with van der Waals surface area (Å²) >= 11 is 6.11. The van der Waals surface area contributed by atoms with Gasteiger partial charge in [0.15, 0.2) is 0 Å². The largest absolute Gasteiger partial charge is 0.327 e. The van der Waals surface area contributed by atoms with E-state index in [1.807, 2.05) is 18.2 Å². The molecule has 0 aromatic heterocycles. The standard InChI is InChI=1S/C17H19ClFN/c1-17(2,13-6-4-3-5-7-13)16(20)11-12-10-14(19)8-9-15(12)18/h3-10,16H,11,20H2,1-2H3. The average molecular weight is 292 g/mol. The molecule has 0 amide bonds. The monoisotopic (exact) mass is 291 g/mol. The van der Waals surface area contributed by atoms with Crippen molar-refractivity contribution in [3.05, 3.63) is 70.5 Å². The van der Waals surface area contributed by atoms with Crippen molar-refractivity contribution in [3.8, 4) is 0 Å². The van der Waals surface area contributed by atoms with E-state index in [1.54, 1.807) is 6.07 Å². The molecule has 1 unspecified atom stereocenters. The Labute approximate surface area is 124 Å². The fraction of sp³-hybridized carbons (Fsp3) is 0.294. The molecule has 1 nitrogen and oxygen atoms in total. The first-order valence-electron chi connectivity index (χ1n) is 6.66. The van der Waals surface area contributed by atoms with Gasteiger partial charge in [-0.2, -0.15) is 0 Å². The van der Waals surface area contributed by atoms with Crippen LogP contribution in [0.2, 0.25) is 5.02 Å². The molecule has 0 aliphatic heterocycles. The molecule has 0 aliphatic rings. The highest BCUT2D eigenvalue weighted by Crippen LogP contribution is 2.29. The molecule has 20 heavy (non-hydrogen) atoms. The van der Waals surface area contributed by atoms with Crippen molar-refractivity contribution in [2.75, 3.05) is 0 Å². The van der Waals surface area contributed by atoms with E-state index in [0.717, 1.165) is 5.56 Å². The number of hydrogen-bond acceptors (Lipinski definition) is 1. The Morgan fingerprint density at radius 1 is 1.15 bits per heavy atom. The first kappa shape index (κ1) is 15.0. The summed E-state index contributed by atoms with van der Waals surface area (Å²) in [4.78, 5) is 0. The predicted octanol–water partition coefficient (Wildman–Crippen LogP) is 4.33. The second-order valence-electron chi connectivity index (χ2n) is 5.63. The number of rotatable bonds is 4. The number of halogens is 2. The van der Waals surface area contributed by atoms with Gasteiger partial charge in [-0.25, -0.2) is 4.39 Å². The fourth-order valence-corrected chi connectivity index (χ4v) is 2.47. The summed E-state index contributed by atoms with van der Waals surface area (Å²) in [5, 5.41) is 0.561. The molecule has 2 aromatic rings. The quantitative estimate of drug-likeness (QED) is 0.891. The molecule has 0 saturated heterocycles. The van der Waals surface area contributed by atoms with Gasteiger partial charge in [0.25, 0.3) is 0 Å². The van der Waals surface area contributed by atoms with E-state index in [0.29, 0.717) is 11.4 Å². The maximum atomic E-state index is 13.3. The topological polar surface area (TPSA) is 26.0 Å². The van der Waals surface area contributed by atoms with E-state index in [9.17, 15) is 4.39 Å². The SMILES string of the molecule is CC(C)(c1ccccc1)C(N)Cc1cc(F)ccc1Cl. The van der Waals surface area contributed by atoms with Gasteiger partial charge in [0.1, 0.15) is 5.82 Å². The summed E-state index contributed by atoms with van der Waals surface area (Å²) < 4.78 is 13.3. The average Bonchev–Trinajstić information content (AvgIpc) is 2.43. The molecule has 0 spiro atoms. The van der Waals surface area contributed by atoms with Crippen molar-refractivity contribution in [1.29, 1.82) is 0 Å². The molecule has 106 valence electrons. The third-order valence-corrected chi connectivity index (χ3v) is 4.26. The van der Waals surface area contributed by atoms with Crippen molar-refractivity contribution in [2.45, 2.75) is 31.7 Å².